The van der Waals surface area contributed by atoms with Crippen molar-refractivity contribution in [3.05, 3.63) is 40.7 Å². The largest absolute Gasteiger partial charge is 0.324 e. The van der Waals surface area contributed by atoms with Crippen molar-refractivity contribution in [1.29, 1.82) is 0 Å². The minimum atomic E-state index is -0.280. The second kappa shape index (κ2) is 9.93. The van der Waals surface area contributed by atoms with Crippen LogP contribution in [-0.2, 0) is 6.54 Å². The van der Waals surface area contributed by atoms with Crippen molar-refractivity contribution >= 4 is 22.5 Å². The molecule has 1 N–H and O–H groups in total. The summed E-state index contributed by atoms with van der Waals surface area (Å²) < 4.78 is 13.2. The molecule has 0 saturated heterocycles. The number of likely N-dealkylation sites (N-methyl/N-ethyl adjacent to an activating group) is 1. The van der Waals surface area contributed by atoms with Crippen molar-refractivity contribution in [3.63, 3.8) is 0 Å². The first-order valence-electron chi connectivity index (χ1n) is 9.80. The molecule has 1 heterocycles. The van der Waals surface area contributed by atoms with Gasteiger partial charge in [-0.25, -0.2) is 9.18 Å². The first-order valence-corrected chi connectivity index (χ1v) is 10.6. The van der Waals surface area contributed by atoms with Crippen LogP contribution in [0.4, 0.5) is 14.3 Å². The Kier molecular flexibility index (Phi) is 7.33. The number of amides is 2. The van der Waals surface area contributed by atoms with Crippen LogP contribution < -0.4 is 5.32 Å². The number of carbonyl (C=O) groups is 1. The Balaban J connectivity index is 1.64. The first-order chi connectivity index (χ1) is 13.5. The Morgan fingerprint density at radius 3 is 2.54 bits per heavy atom. The Morgan fingerprint density at radius 2 is 1.86 bits per heavy atom. The normalized spacial score (nSPS) is 15.0. The first kappa shape index (κ1) is 20.7. The molecule has 6 nitrogen and oxygen atoms in total. The molecule has 1 aliphatic carbocycles. The van der Waals surface area contributed by atoms with E-state index in [0.717, 1.165) is 30.0 Å². The van der Waals surface area contributed by atoms with E-state index in [2.05, 4.69) is 15.5 Å². The third-order valence-corrected chi connectivity index (χ3v) is 6.00. The zero-order valence-electron chi connectivity index (χ0n) is 16.5. The predicted molar refractivity (Wildman–Crippen MR) is 110 cm³/mol. The van der Waals surface area contributed by atoms with Crippen molar-refractivity contribution in [2.24, 2.45) is 0 Å². The van der Waals surface area contributed by atoms with E-state index in [1.807, 2.05) is 19.0 Å². The van der Waals surface area contributed by atoms with Crippen LogP contribution in [0.3, 0.4) is 0 Å². The van der Waals surface area contributed by atoms with Gasteiger partial charge in [0.05, 0.1) is 0 Å². The summed E-state index contributed by atoms with van der Waals surface area (Å²) >= 11 is 1.48. The molecule has 2 aromatic rings. The second-order valence-corrected chi connectivity index (χ2v) is 8.57. The Bertz CT molecular complexity index is 758. The van der Waals surface area contributed by atoms with Crippen molar-refractivity contribution < 1.29 is 9.18 Å². The van der Waals surface area contributed by atoms with E-state index < -0.39 is 0 Å². The highest BCUT2D eigenvalue weighted by atomic mass is 32.1. The minimum Gasteiger partial charge on any atom is -0.319 e. The smallest absolute Gasteiger partial charge is 0.319 e. The van der Waals surface area contributed by atoms with Crippen molar-refractivity contribution in [2.75, 3.05) is 32.5 Å². The molecule has 0 aliphatic heterocycles. The molecule has 0 radical (unpaired) electrons. The summed E-state index contributed by atoms with van der Waals surface area (Å²) in [5.41, 5.74) is 0.885. The van der Waals surface area contributed by atoms with E-state index in [4.69, 9.17) is 0 Å². The molecule has 1 fully saturated rings. The van der Waals surface area contributed by atoms with Gasteiger partial charge in [-0.2, -0.15) is 0 Å². The molecule has 2 amide bonds. The van der Waals surface area contributed by atoms with E-state index in [1.54, 1.807) is 17.0 Å². The fourth-order valence-corrected chi connectivity index (χ4v) is 4.26. The molecule has 1 aromatic carbocycles. The zero-order chi connectivity index (χ0) is 19.9. The molecular formula is C20H28FN5OS. The number of anilines is 1. The summed E-state index contributed by atoms with van der Waals surface area (Å²) in [6, 6.07) is 6.03. The quantitative estimate of drug-likeness (QED) is 0.745. The van der Waals surface area contributed by atoms with Gasteiger partial charge < -0.3 is 9.80 Å². The van der Waals surface area contributed by atoms with Gasteiger partial charge in [0.1, 0.15) is 10.8 Å². The molecule has 152 valence electrons. The number of nitrogens with zero attached hydrogens (tertiary/aromatic N) is 4. The van der Waals surface area contributed by atoms with Gasteiger partial charge in [-0.05, 0) is 44.6 Å². The number of carbonyl (C=O) groups excluding carboxylic acids is 1. The summed E-state index contributed by atoms with van der Waals surface area (Å²) in [4.78, 5) is 16.6. The second-order valence-electron chi connectivity index (χ2n) is 7.56. The van der Waals surface area contributed by atoms with Gasteiger partial charge in [0.2, 0.25) is 5.13 Å². The topological polar surface area (TPSA) is 61.4 Å². The molecule has 0 spiro atoms. The highest BCUT2D eigenvalue weighted by Crippen LogP contribution is 2.35. The van der Waals surface area contributed by atoms with Crippen molar-refractivity contribution in [2.45, 2.75) is 44.6 Å². The van der Waals surface area contributed by atoms with Crippen LogP contribution in [-0.4, -0.2) is 53.2 Å². The van der Waals surface area contributed by atoms with Crippen LogP contribution in [0.1, 0.15) is 48.6 Å². The molecule has 28 heavy (non-hydrogen) atoms. The van der Waals surface area contributed by atoms with Gasteiger partial charge in [-0.3, -0.25) is 5.32 Å². The lowest BCUT2D eigenvalue weighted by Crippen LogP contribution is -2.39. The number of halogens is 1. The Labute approximate surface area is 169 Å². The van der Waals surface area contributed by atoms with Crippen LogP contribution in [0.25, 0.3) is 0 Å². The highest BCUT2D eigenvalue weighted by Gasteiger charge is 2.21. The lowest BCUT2D eigenvalue weighted by atomic mass is 9.90. The Hall–Kier alpha value is -2.06. The molecule has 1 saturated carbocycles. The summed E-state index contributed by atoms with van der Waals surface area (Å²) in [7, 11) is 3.93. The maximum Gasteiger partial charge on any atom is 0.324 e. The summed E-state index contributed by atoms with van der Waals surface area (Å²) in [5.74, 6) is 0.193. The summed E-state index contributed by atoms with van der Waals surface area (Å²) in [5, 5.41) is 12.9. The fourth-order valence-electron chi connectivity index (χ4n) is 3.35. The van der Waals surface area contributed by atoms with E-state index in [9.17, 15) is 9.18 Å². The molecule has 3 rings (SSSR count). The predicted octanol–water partition coefficient (Wildman–Crippen LogP) is 4.32. The molecule has 1 aliphatic rings. The molecule has 8 heteroatoms. The zero-order valence-corrected chi connectivity index (χ0v) is 17.3. The van der Waals surface area contributed by atoms with Crippen LogP contribution in [0, 0.1) is 5.82 Å². The average Bonchev–Trinajstić information content (AvgIpc) is 3.15. The summed E-state index contributed by atoms with van der Waals surface area (Å²) in [6.45, 7) is 1.71. The van der Waals surface area contributed by atoms with Crippen LogP contribution >= 0.6 is 11.3 Å². The lowest BCUT2D eigenvalue weighted by molar-refractivity contribution is 0.202. The number of aromatic nitrogens is 2. The van der Waals surface area contributed by atoms with Crippen LogP contribution in [0.2, 0.25) is 0 Å². The molecular weight excluding hydrogens is 377 g/mol. The SMILES string of the molecule is CN(C)CCN(Cc1ccc(F)cc1)C(=O)Nc1nnc(C2CCCCC2)s1. The standard InChI is InChI=1S/C20H28FN5OS/c1-25(2)12-13-26(14-15-8-10-17(21)11-9-15)20(27)22-19-24-23-18(28-19)16-6-4-3-5-7-16/h8-11,16H,3-7,12-14H2,1-2H3,(H,22,24,27). The third kappa shape index (κ3) is 5.97. The fraction of sp³-hybridized carbons (Fsp3) is 0.550. The third-order valence-electron chi connectivity index (χ3n) is 5.00. The molecule has 0 bridgehead atoms. The molecule has 1 aromatic heterocycles. The average molecular weight is 406 g/mol. The van der Waals surface area contributed by atoms with Gasteiger partial charge >= 0.3 is 6.03 Å². The van der Waals surface area contributed by atoms with E-state index in [0.29, 0.717) is 24.1 Å². The van der Waals surface area contributed by atoms with Gasteiger partial charge in [0.25, 0.3) is 0 Å². The number of benzene rings is 1. The van der Waals surface area contributed by atoms with Crippen LogP contribution in [0.15, 0.2) is 24.3 Å². The molecule has 0 atom stereocenters. The van der Waals surface area contributed by atoms with Gasteiger partial charge in [-0.15, -0.1) is 10.2 Å². The monoisotopic (exact) mass is 405 g/mol. The maximum absolute atomic E-state index is 13.2. The Morgan fingerprint density at radius 1 is 1.14 bits per heavy atom. The van der Waals surface area contributed by atoms with Crippen LogP contribution in [0.5, 0.6) is 0 Å². The highest BCUT2D eigenvalue weighted by molar-refractivity contribution is 7.15. The number of nitrogens with one attached hydrogen (secondary N) is 1. The van der Waals surface area contributed by atoms with E-state index in [1.165, 1.54) is 42.7 Å². The molecule has 0 unspecified atom stereocenters. The minimum absolute atomic E-state index is 0.211. The van der Waals surface area contributed by atoms with E-state index >= 15 is 0 Å². The number of urea groups is 1. The van der Waals surface area contributed by atoms with Gasteiger partial charge in [0, 0.05) is 25.6 Å². The number of hydrogen-bond acceptors (Lipinski definition) is 5. The van der Waals surface area contributed by atoms with E-state index in [-0.39, 0.29) is 11.8 Å². The number of rotatable bonds is 7. The van der Waals surface area contributed by atoms with Crippen molar-refractivity contribution in [1.82, 2.24) is 20.0 Å². The summed E-state index contributed by atoms with van der Waals surface area (Å²) in [6.07, 6.45) is 6.08. The van der Waals surface area contributed by atoms with Gasteiger partial charge in [0.15, 0.2) is 0 Å². The number of hydrogen-bond donors (Lipinski definition) is 1. The van der Waals surface area contributed by atoms with Gasteiger partial charge in [-0.1, -0.05) is 42.7 Å². The van der Waals surface area contributed by atoms with Crippen molar-refractivity contribution in [3.8, 4) is 0 Å². The maximum atomic E-state index is 13.2. The lowest BCUT2D eigenvalue weighted by Gasteiger charge is -2.24.